The number of hydrogen-bond donors (Lipinski definition) is 2. The van der Waals surface area contributed by atoms with Crippen molar-refractivity contribution in [1.82, 2.24) is 20.2 Å². The summed E-state index contributed by atoms with van der Waals surface area (Å²) in [5.41, 5.74) is 4.14. The van der Waals surface area contributed by atoms with E-state index < -0.39 is 6.10 Å². The van der Waals surface area contributed by atoms with Crippen LogP contribution in [0.4, 0.5) is 0 Å². The Morgan fingerprint density at radius 3 is 2.81 bits per heavy atom. The molecule has 1 aliphatic heterocycles. The summed E-state index contributed by atoms with van der Waals surface area (Å²) in [5, 5.41) is 6.09. The molecular formula is C19H21ClN4O2. The van der Waals surface area contributed by atoms with Gasteiger partial charge in [0.05, 0.1) is 17.6 Å². The lowest BCUT2D eigenvalue weighted by Crippen LogP contribution is -2.47. The summed E-state index contributed by atoms with van der Waals surface area (Å²) >= 11 is 0. The molecule has 4 rings (SSSR count). The van der Waals surface area contributed by atoms with Crippen molar-refractivity contribution in [3.63, 3.8) is 0 Å². The lowest BCUT2D eigenvalue weighted by Gasteiger charge is -2.22. The number of nitrogens with one attached hydrogen (secondary N) is 2. The van der Waals surface area contributed by atoms with Gasteiger partial charge in [-0.3, -0.25) is 9.36 Å². The average molecular weight is 373 g/mol. The normalized spacial score (nSPS) is 16.8. The van der Waals surface area contributed by atoms with Crippen molar-refractivity contribution in [1.29, 1.82) is 0 Å². The number of fused-ring (bicyclic) bond motifs is 1. The molecule has 1 atom stereocenters. The van der Waals surface area contributed by atoms with Crippen molar-refractivity contribution >= 4 is 29.3 Å². The number of carbonyl (C=O) groups excluding carboxylic acids is 1. The number of amides is 1. The van der Waals surface area contributed by atoms with Gasteiger partial charge in [0.25, 0.3) is 5.91 Å². The zero-order chi connectivity index (χ0) is 17.1. The van der Waals surface area contributed by atoms with Gasteiger partial charge in [0.2, 0.25) is 0 Å². The summed E-state index contributed by atoms with van der Waals surface area (Å²) in [6.45, 7) is 2.43. The van der Waals surface area contributed by atoms with Crippen LogP contribution < -0.4 is 10.6 Å². The number of morpholine rings is 1. The minimum Gasteiger partial charge on any atom is -0.366 e. The van der Waals surface area contributed by atoms with Crippen molar-refractivity contribution in [3.05, 3.63) is 60.4 Å². The molecule has 6 nitrogen and oxygen atoms in total. The maximum Gasteiger partial charge on any atom is 0.250 e. The number of hydrogen-bond acceptors (Lipinski definition) is 4. The standard InChI is InChI=1S/C19H20N4O2.ClH/c24-19(18-12-20-9-10-25-18)21-11-14-5-7-15(8-6-14)23-13-22-16-3-1-2-4-17(16)23;/h1-8,13,18,20H,9-12H2,(H,21,24);1H. The predicted molar refractivity (Wildman–Crippen MR) is 103 cm³/mol. The summed E-state index contributed by atoms with van der Waals surface area (Å²) in [6, 6.07) is 16.1. The van der Waals surface area contributed by atoms with Gasteiger partial charge in [0.1, 0.15) is 12.4 Å². The minimum absolute atomic E-state index is 0. The Morgan fingerprint density at radius 1 is 1.23 bits per heavy atom. The van der Waals surface area contributed by atoms with Gasteiger partial charge in [-0.25, -0.2) is 4.98 Å². The summed E-state index contributed by atoms with van der Waals surface area (Å²) in [6.07, 6.45) is 1.43. The molecule has 2 heterocycles. The lowest BCUT2D eigenvalue weighted by molar-refractivity contribution is -0.134. The fraction of sp³-hybridized carbons (Fsp3) is 0.263. The van der Waals surface area contributed by atoms with Gasteiger partial charge in [-0.1, -0.05) is 24.3 Å². The van der Waals surface area contributed by atoms with Crippen LogP contribution >= 0.6 is 12.4 Å². The maximum atomic E-state index is 12.1. The van der Waals surface area contributed by atoms with Crippen LogP contribution in [-0.2, 0) is 16.1 Å². The molecule has 0 spiro atoms. The summed E-state index contributed by atoms with van der Waals surface area (Å²) in [7, 11) is 0. The molecule has 1 fully saturated rings. The summed E-state index contributed by atoms with van der Waals surface area (Å²) in [5.74, 6) is -0.0723. The highest BCUT2D eigenvalue weighted by Gasteiger charge is 2.21. The second kappa shape index (κ2) is 8.31. The average Bonchev–Trinajstić information content (AvgIpc) is 3.11. The number of ether oxygens (including phenoxy) is 1. The van der Waals surface area contributed by atoms with E-state index >= 15 is 0 Å². The van der Waals surface area contributed by atoms with E-state index in [0.29, 0.717) is 19.7 Å². The first kappa shape index (κ1) is 18.4. The van der Waals surface area contributed by atoms with Crippen LogP contribution in [0.15, 0.2) is 54.9 Å². The van der Waals surface area contributed by atoms with E-state index in [2.05, 4.69) is 26.3 Å². The Balaban J connectivity index is 0.00000196. The second-order valence-corrected chi connectivity index (χ2v) is 6.05. The molecule has 1 unspecified atom stereocenters. The summed E-state index contributed by atoms with van der Waals surface area (Å²) < 4.78 is 7.51. The molecule has 26 heavy (non-hydrogen) atoms. The number of halogens is 1. The lowest BCUT2D eigenvalue weighted by atomic mass is 10.2. The van der Waals surface area contributed by atoms with Gasteiger partial charge in [-0.15, -0.1) is 12.4 Å². The Morgan fingerprint density at radius 2 is 2.04 bits per heavy atom. The van der Waals surface area contributed by atoms with Gasteiger partial charge in [0.15, 0.2) is 0 Å². The first-order valence-electron chi connectivity index (χ1n) is 8.43. The number of imidazole rings is 1. The molecule has 2 aromatic carbocycles. The Hall–Kier alpha value is -2.41. The van der Waals surface area contributed by atoms with E-state index in [0.717, 1.165) is 28.8 Å². The molecule has 1 aliphatic rings. The Bertz CT molecular complexity index is 873. The van der Waals surface area contributed by atoms with E-state index in [-0.39, 0.29) is 18.3 Å². The zero-order valence-electron chi connectivity index (χ0n) is 14.2. The zero-order valence-corrected chi connectivity index (χ0v) is 15.0. The molecule has 3 aromatic rings. The molecule has 1 amide bonds. The number of aromatic nitrogens is 2. The molecule has 0 saturated carbocycles. The van der Waals surface area contributed by atoms with Gasteiger partial charge in [0, 0.05) is 25.3 Å². The number of para-hydroxylation sites is 2. The molecule has 0 bridgehead atoms. The quantitative estimate of drug-likeness (QED) is 0.735. The molecule has 0 aliphatic carbocycles. The predicted octanol–water partition coefficient (Wildman–Crippen LogP) is 2.05. The van der Waals surface area contributed by atoms with Crippen LogP contribution in [0.1, 0.15) is 5.56 Å². The van der Waals surface area contributed by atoms with Crippen molar-refractivity contribution in [2.75, 3.05) is 19.7 Å². The minimum atomic E-state index is -0.398. The monoisotopic (exact) mass is 372 g/mol. The third-order valence-electron chi connectivity index (χ3n) is 4.35. The maximum absolute atomic E-state index is 12.1. The SMILES string of the molecule is Cl.O=C(NCc1ccc(-n2cnc3ccccc32)cc1)C1CNCCO1. The molecule has 136 valence electrons. The molecule has 2 N–H and O–H groups in total. The van der Waals surface area contributed by atoms with E-state index in [1.165, 1.54) is 0 Å². The largest absolute Gasteiger partial charge is 0.366 e. The first-order valence-corrected chi connectivity index (χ1v) is 8.43. The molecular weight excluding hydrogens is 352 g/mol. The fourth-order valence-electron chi connectivity index (χ4n) is 2.98. The highest BCUT2D eigenvalue weighted by Crippen LogP contribution is 2.18. The number of rotatable bonds is 4. The molecule has 7 heteroatoms. The fourth-order valence-corrected chi connectivity index (χ4v) is 2.98. The Labute approximate surface area is 158 Å². The number of carbonyl (C=O) groups is 1. The van der Waals surface area contributed by atoms with E-state index in [9.17, 15) is 4.79 Å². The van der Waals surface area contributed by atoms with Crippen LogP contribution in [0.3, 0.4) is 0 Å². The van der Waals surface area contributed by atoms with Crippen LogP contribution in [0, 0.1) is 0 Å². The highest BCUT2D eigenvalue weighted by atomic mass is 35.5. The van der Waals surface area contributed by atoms with E-state index in [1.807, 2.05) is 48.8 Å². The molecule has 1 saturated heterocycles. The first-order chi connectivity index (χ1) is 12.3. The van der Waals surface area contributed by atoms with E-state index in [4.69, 9.17) is 4.74 Å². The topological polar surface area (TPSA) is 68.2 Å². The van der Waals surface area contributed by atoms with Crippen LogP contribution in [0.25, 0.3) is 16.7 Å². The smallest absolute Gasteiger partial charge is 0.250 e. The number of nitrogens with zero attached hydrogens (tertiary/aromatic N) is 2. The van der Waals surface area contributed by atoms with Crippen LogP contribution in [0.5, 0.6) is 0 Å². The molecule has 0 radical (unpaired) electrons. The van der Waals surface area contributed by atoms with Gasteiger partial charge in [-0.05, 0) is 29.8 Å². The third kappa shape index (κ3) is 3.88. The van der Waals surface area contributed by atoms with Crippen molar-refractivity contribution in [2.45, 2.75) is 12.6 Å². The van der Waals surface area contributed by atoms with Crippen molar-refractivity contribution in [3.8, 4) is 5.69 Å². The van der Waals surface area contributed by atoms with Gasteiger partial charge < -0.3 is 15.4 Å². The number of benzene rings is 2. The second-order valence-electron chi connectivity index (χ2n) is 6.05. The highest BCUT2D eigenvalue weighted by molar-refractivity contribution is 5.85. The molecule has 1 aromatic heterocycles. The van der Waals surface area contributed by atoms with E-state index in [1.54, 1.807) is 0 Å². The van der Waals surface area contributed by atoms with Crippen LogP contribution in [-0.4, -0.2) is 41.3 Å². The third-order valence-corrected chi connectivity index (χ3v) is 4.35. The van der Waals surface area contributed by atoms with Crippen molar-refractivity contribution in [2.24, 2.45) is 0 Å². The van der Waals surface area contributed by atoms with Gasteiger partial charge in [-0.2, -0.15) is 0 Å². The summed E-state index contributed by atoms with van der Waals surface area (Å²) in [4.78, 5) is 16.5. The van der Waals surface area contributed by atoms with Crippen LogP contribution in [0.2, 0.25) is 0 Å². The van der Waals surface area contributed by atoms with Gasteiger partial charge >= 0.3 is 0 Å². The Kier molecular flexibility index (Phi) is 5.88. The van der Waals surface area contributed by atoms with Crippen molar-refractivity contribution < 1.29 is 9.53 Å².